The summed E-state index contributed by atoms with van der Waals surface area (Å²) in [5.41, 5.74) is 5.54. The number of ether oxygens (including phenoxy) is 1. The Labute approximate surface area is 135 Å². The largest absolute Gasteiger partial charge is 0.462 e. The third-order valence-electron chi connectivity index (χ3n) is 2.50. The van der Waals surface area contributed by atoms with Gasteiger partial charge in [-0.25, -0.2) is 13.2 Å². The van der Waals surface area contributed by atoms with Crippen LogP contribution in [0.25, 0.3) is 0 Å². The summed E-state index contributed by atoms with van der Waals surface area (Å²) < 4.78 is 28.1. The van der Waals surface area contributed by atoms with Crippen molar-refractivity contribution in [3.05, 3.63) is 23.8 Å². The van der Waals surface area contributed by atoms with E-state index in [0.717, 1.165) is 6.26 Å². The normalized spacial score (nSPS) is 10.5. The Morgan fingerprint density at radius 3 is 2.41 bits per heavy atom. The molecule has 0 aliphatic rings. The standard InChI is InChI=1S/C13H18N2O5S.ClH/c1-3-20-13(17)9-6-10(15-12(16)4-5-14)8-11(7-9)21(2,18)19;/h6-8H,3-5,14H2,1-2H3,(H,15,16);1H. The third-order valence-corrected chi connectivity index (χ3v) is 3.59. The summed E-state index contributed by atoms with van der Waals surface area (Å²) in [5.74, 6) is -1.02. The van der Waals surface area contributed by atoms with Gasteiger partial charge < -0.3 is 15.8 Å². The van der Waals surface area contributed by atoms with Gasteiger partial charge in [0, 0.05) is 24.9 Å². The number of esters is 1. The van der Waals surface area contributed by atoms with Crippen LogP contribution in [0.3, 0.4) is 0 Å². The SMILES string of the molecule is CCOC(=O)c1cc(NC(=O)CCN)cc(S(C)(=O)=O)c1.Cl. The zero-order valence-corrected chi connectivity index (χ0v) is 13.9. The maximum atomic E-state index is 11.7. The molecule has 22 heavy (non-hydrogen) atoms. The first-order chi connectivity index (χ1) is 9.77. The van der Waals surface area contributed by atoms with Gasteiger partial charge in [0.25, 0.3) is 0 Å². The van der Waals surface area contributed by atoms with Crippen LogP contribution >= 0.6 is 12.4 Å². The molecule has 124 valence electrons. The molecule has 1 aromatic carbocycles. The predicted octanol–water partition coefficient (Wildman–Crippen LogP) is 0.976. The van der Waals surface area contributed by atoms with Gasteiger partial charge in [-0.3, -0.25) is 4.79 Å². The van der Waals surface area contributed by atoms with E-state index >= 15 is 0 Å². The van der Waals surface area contributed by atoms with E-state index in [2.05, 4.69) is 5.32 Å². The molecule has 0 unspecified atom stereocenters. The van der Waals surface area contributed by atoms with Crippen molar-refractivity contribution < 1.29 is 22.7 Å². The van der Waals surface area contributed by atoms with Gasteiger partial charge in [-0.15, -0.1) is 12.4 Å². The fraction of sp³-hybridized carbons (Fsp3) is 0.385. The van der Waals surface area contributed by atoms with Crippen molar-refractivity contribution in [3.8, 4) is 0 Å². The quantitative estimate of drug-likeness (QED) is 0.739. The highest BCUT2D eigenvalue weighted by atomic mass is 35.5. The van der Waals surface area contributed by atoms with Gasteiger partial charge in [0.15, 0.2) is 9.84 Å². The number of carbonyl (C=O) groups is 2. The predicted molar refractivity (Wildman–Crippen MR) is 85.1 cm³/mol. The minimum Gasteiger partial charge on any atom is -0.462 e. The Bertz CT molecular complexity index is 646. The fourth-order valence-corrected chi connectivity index (χ4v) is 2.25. The van der Waals surface area contributed by atoms with E-state index in [1.807, 2.05) is 0 Å². The Kier molecular flexibility index (Phi) is 8.07. The molecular formula is C13H19ClN2O5S. The van der Waals surface area contributed by atoms with Gasteiger partial charge in [-0.05, 0) is 25.1 Å². The molecule has 0 heterocycles. The number of nitrogens with two attached hydrogens (primary N) is 1. The minimum absolute atomic E-state index is 0. The Morgan fingerprint density at radius 1 is 1.27 bits per heavy atom. The van der Waals surface area contributed by atoms with E-state index in [-0.39, 0.29) is 54.0 Å². The number of nitrogens with one attached hydrogen (secondary N) is 1. The summed E-state index contributed by atoms with van der Waals surface area (Å²) >= 11 is 0. The monoisotopic (exact) mass is 350 g/mol. The highest BCUT2D eigenvalue weighted by Crippen LogP contribution is 2.20. The summed E-state index contributed by atoms with van der Waals surface area (Å²) in [6, 6.07) is 3.86. The van der Waals surface area contributed by atoms with Gasteiger partial charge in [0.2, 0.25) is 5.91 Å². The molecule has 9 heteroatoms. The van der Waals surface area contributed by atoms with Crippen molar-refractivity contribution in [2.24, 2.45) is 5.73 Å². The first-order valence-electron chi connectivity index (χ1n) is 6.30. The number of benzene rings is 1. The Hall–Kier alpha value is -1.64. The topological polar surface area (TPSA) is 116 Å². The van der Waals surface area contributed by atoms with Crippen LogP contribution in [-0.2, 0) is 19.4 Å². The van der Waals surface area contributed by atoms with Crippen molar-refractivity contribution in [1.29, 1.82) is 0 Å². The highest BCUT2D eigenvalue weighted by Gasteiger charge is 2.16. The van der Waals surface area contributed by atoms with E-state index in [1.54, 1.807) is 6.92 Å². The van der Waals surface area contributed by atoms with Crippen LogP contribution in [0, 0.1) is 0 Å². The number of amides is 1. The smallest absolute Gasteiger partial charge is 0.338 e. The molecule has 0 aliphatic carbocycles. The molecule has 7 nitrogen and oxygen atoms in total. The van der Waals surface area contributed by atoms with Gasteiger partial charge in [-0.1, -0.05) is 0 Å². The van der Waals surface area contributed by atoms with Gasteiger partial charge in [0.05, 0.1) is 17.1 Å². The fourth-order valence-electron chi connectivity index (χ4n) is 1.57. The summed E-state index contributed by atoms with van der Waals surface area (Å²) in [6.45, 7) is 1.97. The molecule has 3 N–H and O–H groups in total. The molecule has 0 atom stereocenters. The van der Waals surface area contributed by atoms with E-state index < -0.39 is 15.8 Å². The average Bonchev–Trinajstić information content (AvgIpc) is 2.37. The summed E-state index contributed by atoms with van der Waals surface area (Å²) in [5, 5.41) is 2.50. The number of carbonyl (C=O) groups excluding carboxylic acids is 2. The maximum absolute atomic E-state index is 11.7. The lowest BCUT2D eigenvalue weighted by atomic mass is 10.2. The molecule has 1 amide bonds. The molecule has 0 aliphatic heterocycles. The van der Waals surface area contributed by atoms with Gasteiger partial charge in [-0.2, -0.15) is 0 Å². The van der Waals surface area contributed by atoms with E-state index in [9.17, 15) is 18.0 Å². The lowest BCUT2D eigenvalue weighted by Crippen LogP contribution is -2.17. The molecule has 0 fully saturated rings. The second-order valence-electron chi connectivity index (χ2n) is 4.33. The van der Waals surface area contributed by atoms with Crippen molar-refractivity contribution >= 4 is 39.8 Å². The summed E-state index contributed by atoms with van der Waals surface area (Å²) in [6.07, 6.45) is 1.11. The van der Waals surface area contributed by atoms with Crippen LogP contribution in [0.4, 0.5) is 5.69 Å². The third kappa shape index (κ3) is 6.00. The first kappa shape index (κ1) is 20.4. The zero-order chi connectivity index (χ0) is 16.0. The Morgan fingerprint density at radius 2 is 1.91 bits per heavy atom. The summed E-state index contributed by atoms with van der Waals surface area (Å²) in [7, 11) is -3.53. The molecule has 0 spiro atoms. The van der Waals surface area contributed by atoms with E-state index in [1.165, 1.54) is 18.2 Å². The lowest BCUT2D eigenvalue weighted by Gasteiger charge is -2.09. The van der Waals surface area contributed by atoms with Gasteiger partial charge >= 0.3 is 5.97 Å². The van der Waals surface area contributed by atoms with Crippen LogP contribution in [0.2, 0.25) is 0 Å². The molecule has 1 aromatic rings. The average molecular weight is 351 g/mol. The van der Waals surface area contributed by atoms with Crippen LogP contribution < -0.4 is 11.1 Å². The number of sulfone groups is 1. The van der Waals surface area contributed by atoms with Crippen molar-refractivity contribution in [3.63, 3.8) is 0 Å². The molecule has 0 saturated carbocycles. The van der Waals surface area contributed by atoms with Crippen LogP contribution in [0.1, 0.15) is 23.7 Å². The Balaban J connectivity index is 0.00000441. The molecule has 1 rings (SSSR count). The number of anilines is 1. The second kappa shape index (κ2) is 8.72. The minimum atomic E-state index is -3.53. The van der Waals surface area contributed by atoms with Crippen LogP contribution in [0.15, 0.2) is 23.1 Å². The van der Waals surface area contributed by atoms with E-state index in [4.69, 9.17) is 10.5 Å². The van der Waals surface area contributed by atoms with Crippen molar-refractivity contribution in [1.82, 2.24) is 0 Å². The van der Waals surface area contributed by atoms with Gasteiger partial charge in [0.1, 0.15) is 0 Å². The van der Waals surface area contributed by atoms with Crippen molar-refractivity contribution in [2.75, 3.05) is 24.7 Å². The van der Waals surface area contributed by atoms with Crippen molar-refractivity contribution in [2.45, 2.75) is 18.2 Å². The summed E-state index contributed by atoms with van der Waals surface area (Å²) in [4.78, 5) is 23.2. The number of halogens is 1. The second-order valence-corrected chi connectivity index (χ2v) is 6.34. The first-order valence-corrected chi connectivity index (χ1v) is 8.19. The van der Waals surface area contributed by atoms with Crippen LogP contribution in [0.5, 0.6) is 0 Å². The molecular weight excluding hydrogens is 332 g/mol. The molecule has 0 aromatic heterocycles. The maximum Gasteiger partial charge on any atom is 0.338 e. The number of hydrogen-bond donors (Lipinski definition) is 2. The number of rotatable bonds is 6. The molecule has 0 saturated heterocycles. The molecule has 0 radical (unpaired) electrons. The van der Waals surface area contributed by atoms with Crippen LogP contribution in [-0.4, -0.2) is 39.7 Å². The lowest BCUT2D eigenvalue weighted by molar-refractivity contribution is -0.116. The van der Waals surface area contributed by atoms with E-state index in [0.29, 0.717) is 0 Å². The number of hydrogen-bond acceptors (Lipinski definition) is 6. The zero-order valence-electron chi connectivity index (χ0n) is 12.3. The highest BCUT2D eigenvalue weighted by molar-refractivity contribution is 7.90. The molecule has 0 bridgehead atoms.